The Morgan fingerprint density at radius 2 is 0.870 bits per heavy atom. The summed E-state index contributed by atoms with van der Waals surface area (Å²) < 4.78 is 123. The van der Waals surface area contributed by atoms with Crippen molar-refractivity contribution in [1.29, 1.82) is 0 Å². The molecule has 2 heterocycles. The first-order valence-corrected chi connectivity index (χ1v) is 44.5. The standard InChI is InChI=1S/C83H148N2O21P2/c1-12-21-25-29-32-35-36-37-38-39-40-42-44-48-52-56-73(87)84-75-80(95-65-57-70(93-11)55-51-46-28-24-15-4)78(105-107(90,98-60-17-6)99-61-18-7)72(68-92-10)103-81(75)96-66-58-71-77(104-83(89)97-59-16-5)79(94-64-53-49-45-34-31-27-23-14-3)76(82(102-71)106-108(91,100-62-19-8)101-63-20-9)85-74(88)67-69(86)54-50-47-43-41-33-30-26-22-13-2/h16-20,35-36,70-72,75-82H,5-9,12-15,21-34,37-68H2,1-4,10-11H3,(H,84,87)(H,85,88)/b36-35-/t70-,71+,72+,75+,76+,77+,78+,79+,80+,81+,82+/m0/s1. The lowest BCUT2D eigenvalue weighted by Gasteiger charge is -2.47. The number of Topliss-reactive ketones (excluding diaryl/α,β-unsaturated/α-hetero) is 1. The molecule has 11 atom stereocenters. The molecular weight excluding hydrogens is 1420 g/mol. The van der Waals surface area contributed by atoms with Crippen LogP contribution in [0.4, 0.5) is 4.79 Å². The monoisotopic (exact) mass is 1570 g/mol. The van der Waals surface area contributed by atoms with Gasteiger partial charge in [0.15, 0.2) is 18.7 Å². The highest BCUT2D eigenvalue weighted by atomic mass is 31.2. The second kappa shape index (κ2) is 66.7. The number of unbranched alkanes of at least 4 members (excludes halogenated alkanes) is 30. The van der Waals surface area contributed by atoms with Crippen LogP contribution < -0.4 is 10.6 Å². The second-order valence-corrected chi connectivity index (χ2v) is 31.6. The highest BCUT2D eigenvalue weighted by Gasteiger charge is 2.55. The zero-order valence-electron chi connectivity index (χ0n) is 67.8. The van der Waals surface area contributed by atoms with Gasteiger partial charge < -0.3 is 53.3 Å². The molecule has 0 spiro atoms. The second-order valence-electron chi connectivity index (χ2n) is 28.4. The first-order valence-electron chi connectivity index (χ1n) is 41.5. The third-order valence-electron chi connectivity index (χ3n) is 19.0. The highest BCUT2D eigenvalue weighted by molar-refractivity contribution is 7.48. The lowest BCUT2D eigenvalue weighted by Crippen LogP contribution is -2.66. The van der Waals surface area contributed by atoms with Crippen molar-refractivity contribution in [3.8, 4) is 0 Å². The quantitative estimate of drug-likeness (QED) is 0.0188. The fourth-order valence-electron chi connectivity index (χ4n) is 13.1. The van der Waals surface area contributed by atoms with Gasteiger partial charge in [-0.25, -0.2) is 13.9 Å². The number of amides is 2. The van der Waals surface area contributed by atoms with E-state index in [9.17, 15) is 28.3 Å². The van der Waals surface area contributed by atoms with Gasteiger partial charge >= 0.3 is 21.8 Å². The molecule has 0 aliphatic carbocycles. The predicted octanol–water partition coefficient (Wildman–Crippen LogP) is 20.2. The van der Waals surface area contributed by atoms with Crippen molar-refractivity contribution < 1.29 is 98.1 Å². The van der Waals surface area contributed by atoms with Gasteiger partial charge in [-0.05, 0) is 57.8 Å². The van der Waals surface area contributed by atoms with Gasteiger partial charge in [-0.1, -0.05) is 257 Å². The molecule has 0 unspecified atom stereocenters. The van der Waals surface area contributed by atoms with E-state index in [4.69, 9.17) is 69.8 Å². The summed E-state index contributed by atoms with van der Waals surface area (Å²) in [5, 5.41) is 6.10. The molecule has 2 aliphatic heterocycles. The number of rotatable bonds is 75. The minimum Gasteiger partial charge on any atom is -0.430 e. The van der Waals surface area contributed by atoms with E-state index >= 15 is 0 Å². The van der Waals surface area contributed by atoms with Crippen LogP contribution in [0.15, 0.2) is 75.4 Å². The Morgan fingerprint density at radius 3 is 1.39 bits per heavy atom. The molecule has 2 N–H and O–H groups in total. The summed E-state index contributed by atoms with van der Waals surface area (Å²) in [5.41, 5.74) is 0. The van der Waals surface area contributed by atoms with Gasteiger partial charge in [-0.15, -0.1) is 26.3 Å². The van der Waals surface area contributed by atoms with E-state index in [0.29, 0.717) is 25.7 Å². The molecule has 0 aromatic carbocycles. The molecular formula is C83H148N2O21P2. The SMILES string of the molecule is C=CCOC(=O)O[C@H]1[C@H](OCCCCCCCCCC)[C@@H](NC(=O)CC(=O)CCCCCCCCCCC)[C@@H](OP(=O)(OCC=C)OCC=C)O[C@@H]1CCO[C@@H]1O[C@H](COC)[C@@H](OP(=O)(OCC=C)OCC=C)[C@H](OCC[C@H](CCCCCCC)OC)[C@H]1NC(=O)CCCCCCCCC/C=C\CCCCCC. The Morgan fingerprint density at radius 1 is 0.435 bits per heavy atom. The predicted molar refractivity (Wildman–Crippen MR) is 428 cm³/mol. The number of ether oxygens (including phenoxy) is 9. The van der Waals surface area contributed by atoms with Gasteiger partial charge in [0.05, 0.1) is 52.2 Å². The minimum atomic E-state index is -4.68. The van der Waals surface area contributed by atoms with Crippen molar-refractivity contribution in [3.05, 3.63) is 75.4 Å². The molecule has 626 valence electrons. The molecule has 2 aliphatic rings. The molecule has 0 aromatic heterocycles. The maximum absolute atomic E-state index is 14.8. The number of phosphoric ester groups is 2. The van der Waals surface area contributed by atoms with E-state index in [1.165, 1.54) is 88.9 Å². The van der Waals surface area contributed by atoms with E-state index in [-0.39, 0.29) is 96.5 Å². The lowest BCUT2D eigenvalue weighted by molar-refractivity contribution is -0.283. The zero-order chi connectivity index (χ0) is 79.0. The van der Waals surface area contributed by atoms with Crippen molar-refractivity contribution in [2.75, 3.05) is 73.7 Å². The minimum absolute atomic E-state index is 0.0815. The number of carbonyl (C=O) groups excluding carboxylic acids is 4. The summed E-state index contributed by atoms with van der Waals surface area (Å²) in [6.07, 6.45) is 36.7. The number of carbonyl (C=O) groups is 4. The van der Waals surface area contributed by atoms with Crippen LogP contribution in [0.1, 0.15) is 291 Å². The summed E-state index contributed by atoms with van der Waals surface area (Å²) in [7, 11) is -6.07. The summed E-state index contributed by atoms with van der Waals surface area (Å²) >= 11 is 0. The van der Waals surface area contributed by atoms with E-state index in [1.807, 2.05) is 0 Å². The van der Waals surface area contributed by atoms with Crippen LogP contribution in [0.3, 0.4) is 0 Å². The summed E-state index contributed by atoms with van der Waals surface area (Å²) in [6.45, 7) is 25.9. The highest BCUT2D eigenvalue weighted by Crippen LogP contribution is 2.54. The zero-order valence-corrected chi connectivity index (χ0v) is 69.5. The number of hydrogen-bond donors (Lipinski definition) is 2. The Bertz CT molecular complexity index is 2440. The lowest BCUT2D eigenvalue weighted by atomic mass is 9.94. The van der Waals surface area contributed by atoms with Crippen LogP contribution in [0, 0.1) is 0 Å². The molecule has 2 fully saturated rings. The van der Waals surface area contributed by atoms with Crippen LogP contribution in [0.5, 0.6) is 0 Å². The van der Waals surface area contributed by atoms with E-state index < -0.39 is 95.4 Å². The van der Waals surface area contributed by atoms with Crippen molar-refractivity contribution in [2.24, 2.45) is 0 Å². The maximum atomic E-state index is 14.8. The van der Waals surface area contributed by atoms with Gasteiger partial charge in [0.1, 0.15) is 55.0 Å². The van der Waals surface area contributed by atoms with Crippen LogP contribution in [0.2, 0.25) is 0 Å². The largest absolute Gasteiger partial charge is 0.509 e. The number of phosphoric acid groups is 2. The first-order chi connectivity index (χ1) is 52.6. The summed E-state index contributed by atoms with van der Waals surface area (Å²) in [4.78, 5) is 56.7. The molecule has 0 saturated carbocycles. The normalized spacial score (nSPS) is 20.6. The first kappa shape index (κ1) is 100. The number of hydrogen-bond acceptors (Lipinski definition) is 21. The molecule has 0 radical (unpaired) electrons. The molecule has 23 nitrogen and oxygen atoms in total. The summed E-state index contributed by atoms with van der Waals surface area (Å²) in [6, 6.07) is -2.66. The van der Waals surface area contributed by atoms with E-state index in [2.05, 4.69) is 83.4 Å². The fraction of sp³-hybridized carbons (Fsp3) is 0.807. The van der Waals surface area contributed by atoms with Gasteiger partial charge in [0.2, 0.25) is 11.8 Å². The van der Waals surface area contributed by atoms with Crippen LogP contribution >= 0.6 is 15.6 Å². The Kier molecular flexibility index (Phi) is 61.9. The number of nitrogens with one attached hydrogen (secondary N) is 2. The Balaban J connectivity index is 2.85. The average Bonchev–Trinajstić information content (AvgIpc) is 0.782. The molecule has 108 heavy (non-hydrogen) atoms. The van der Waals surface area contributed by atoms with Crippen molar-refractivity contribution in [3.63, 3.8) is 0 Å². The topological polar surface area (TPSA) is 265 Å². The summed E-state index contributed by atoms with van der Waals surface area (Å²) in [5.74, 6) is -1.36. The molecule has 2 rings (SSSR count). The number of allylic oxidation sites excluding steroid dienone is 2. The molecule has 0 aromatic rings. The van der Waals surface area contributed by atoms with Gasteiger partial charge in [-0.3, -0.25) is 41.5 Å². The van der Waals surface area contributed by atoms with Crippen molar-refractivity contribution in [2.45, 2.75) is 358 Å². The van der Waals surface area contributed by atoms with Crippen LogP contribution in [-0.4, -0.2) is 165 Å². The molecule has 0 bridgehead atoms. The number of methoxy groups -OCH3 is 2. The van der Waals surface area contributed by atoms with Gasteiger partial charge in [0.25, 0.3) is 0 Å². The fourth-order valence-corrected chi connectivity index (χ4v) is 15.6. The van der Waals surface area contributed by atoms with E-state index in [1.54, 1.807) is 7.11 Å². The van der Waals surface area contributed by atoms with Crippen LogP contribution in [0.25, 0.3) is 0 Å². The Labute approximate surface area is 652 Å². The number of ketones is 1. The smallest absolute Gasteiger partial charge is 0.430 e. The molecule has 2 amide bonds. The maximum Gasteiger partial charge on any atom is 0.509 e. The Hall–Kier alpha value is -3.74. The van der Waals surface area contributed by atoms with Crippen molar-refractivity contribution >= 4 is 39.4 Å². The van der Waals surface area contributed by atoms with Crippen LogP contribution in [-0.2, 0) is 93.3 Å². The average molecular weight is 1570 g/mol. The molecule has 25 heteroatoms. The van der Waals surface area contributed by atoms with Gasteiger partial charge in [-0.2, -0.15) is 0 Å². The third-order valence-corrected chi connectivity index (χ3v) is 21.8. The molecule has 2 saturated heterocycles. The third kappa shape index (κ3) is 47.1. The van der Waals surface area contributed by atoms with E-state index in [0.717, 1.165) is 161 Å². The van der Waals surface area contributed by atoms with Gasteiger partial charge in [0, 0.05) is 46.7 Å². The van der Waals surface area contributed by atoms with Crippen molar-refractivity contribution in [1.82, 2.24) is 10.6 Å².